The Hall–Kier alpha value is -1.59. The van der Waals surface area contributed by atoms with Crippen LogP contribution in [0.2, 0.25) is 5.02 Å². The van der Waals surface area contributed by atoms with Crippen molar-refractivity contribution in [3.8, 4) is 0 Å². The fourth-order valence-electron chi connectivity index (χ4n) is 2.12. The number of aromatic nitrogens is 1. The summed E-state index contributed by atoms with van der Waals surface area (Å²) in [5.41, 5.74) is 2.16. The minimum atomic E-state index is -0.364. The number of rotatable bonds is 4. The van der Waals surface area contributed by atoms with Crippen molar-refractivity contribution in [2.45, 2.75) is 19.9 Å². The van der Waals surface area contributed by atoms with E-state index in [4.69, 9.17) is 11.6 Å². The van der Waals surface area contributed by atoms with E-state index in [0.29, 0.717) is 18.5 Å². The average molecular weight is 385 g/mol. The summed E-state index contributed by atoms with van der Waals surface area (Å²) in [6, 6.07) is 8.74. The van der Waals surface area contributed by atoms with Gasteiger partial charge in [0.25, 0.3) is 5.56 Å². The van der Waals surface area contributed by atoms with Crippen molar-refractivity contribution in [1.82, 2.24) is 4.57 Å². The summed E-state index contributed by atoms with van der Waals surface area (Å²) in [7, 11) is 1.35. The standard InChI is InChI=1S/C16H15BrClNO3/c1-10-13(17)9-14(18)15(20)19(10)8-7-11-3-5-12(6-4-11)16(21)22-2/h3-6,9H,7-8H2,1-2H3. The van der Waals surface area contributed by atoms with E-state index >= 15 is 0 Å². The molecular weight excluding hydrogens is 370 g/mol. The number of benzene rings is 1. The van der Waals surface area contributed by atoms with Crippen LogP contribution >= 0.6 is 27.5 Å². The molecule has 0 bridgehead atoms. The van der Waals surface area contributed by atoms with Crippen molar-refractivity contribution in [2.24, 2.45) is 0 Å². The summed E-state index contributed by atoms with van der Waals surface area (Å²) < 4.78 is 7.10. The predicted molar refractivity (Wildman–Crippen MR) is 89.6 cm³/mol. The van der Waals surface area contributed by atoms with E-state index in [0.717, 1.165) is 15.7 Å². The number of hydrogen-bond acceptors (Lipinski definition) is 3. The summed E-state index contributed by atoms with van der Waals surface area (Å²) in [5.74, 6) is -0.364. The predicted octanol–water partition coefficient (Wildman–Crippen LogP) is 3.60. The number of methoxy groups -OCH3 is 1. The lowest BCUT2D eigenvalue weighted by Gasteiger charge is -2.12. The maximum Gasteiger partial charge on any atom is 0.337 e. The molecule has 0 aliphatic rings. The molecule has 0 spiro atoms. The molecule has 0 aliphatic carbocycles. The fraction of sp³-hybridized carbons (Fsp3) is 0.250. The van der Waals surface area contributed by atoms with E-state index in [1.54, 1.807) is 22.8 Å². The highest BCUT2D eigenvalue weighted by molar-refractivity contribution is 9.10. The largest absolute Gasteiger partial charge is 0.465 e. The summed E-state index contributed by atoms with van der Waals surface area (Å²) in [4.78, 5) is 23.5. The van der Waals surface area contributed by atoms with Crippen LogP contribution in [-0.4, -0.2) is 17.6 Å². The van der Waals surface area contributed by atoms with E-state index in [-0.39, 0.29) is 16.6 Å². The van der Waals surface area contributed by atoms with Crippen LogP contribution in [0.15, 0.2) is 39.6 Å². The van der Waals surface area contributed by atoms with Crippen LogP contribution in [0.3, 0.4) is 0 Å². The van der Waals surface area contributed by atoms with Gasteiger partial charge in [-0.05, 0) is 53.0 Å². The molecule has 0 unspecified atom stereocenters. The molecule has 0 saturated heterocycles. The number of halogens is 2. The van der Waals surface area contributed by atoms with Crippen molar-refractivity contribution in [3.63, 3.8) is 0 Å². The molecule has 1 aromatic carbocycles. The van der Waals surface area contributed by atoms with Crippen LogP contribution in [-0.2, 0) is 17.7 Å². The highest BCUT2D eigenvalue weighted by atomic mass is 79.9. The highest BCUT2D eigenvalue weighted by Gasteiger charge is 2.09. The molecule has 0 amide bonds. The minimum Gasteiger partial charge on any atom is -0.465 e. The van der Waals surface area contributed by atoms with Crippen LogP contribution < -0.4 is 5.56 Å². The lowest BCUT2D eigenvalue weighted by Crippen LogP contribution is -2.24. The van der Waals surface area contributed by atoms with E-state index in [1.165, 1.54) is 7.11 Å². The Kier molecular flexibility index (Phi) is 5.42. The molecule has 0 radical (unpaired) electrons. The van der Waals surface area contributed by atoms with Crippen molar-refractivity contribution in [1.29, 1.82) is 0 Å². The average Bonchev–Trinajstić information content (AvgIpc) is 2.53. The number of ether oxygens (including phenoxy) is 1. The van der Waals surface area contributed by atoms with Gasteiger partial charge in [-0.3, -0.25) is 4.79 Å². The molecule has 0 aliphatic heterocycles. The van der Waals surface area contributed by atoms with Gasteiger partial charge in [-0.2, -0.15) is 0 Å². The lowest BCUT2D eigenvalue weighted by molar-refractivity contribution is 0.0600. The molecule has 0 saturated carbocycles. The smallest absolute Gasteiger partial charge is 0.337 e. The van der Waals surface area contributed by atoms with Crippen LogP contribution in [0.5, 0.6) is 0 Å². The molecule has 0 N–H and O–H groups in total. The second-order valence-electron chi connectivity index (χ2n) is 4.82. The normalized spacial score (nSPS) is 10.5. The zero-order valence-electron chi connectivity index (χ0n) is 12.2. The number of pyridine rings is 1. The fourth-order valence-corrected chi connectivity index (χ4v) is 2.91. The third-order valence-corrected chi connectivity index (χ3v) is 4.53. The van der Waals surface area contributed by atoms with Gasteiger partial charge in [0.2, 0.25) is 0 Å². The van der Waals surface area contributed by atoms with Gasteiger partial charge in [0.1, 0.15) is 5.02 Å². The summed E-state index contributed by atoms with van der Waals surface area (Å²) >= 11 is 9.32. The zero-order valence-corrected chi connectivity index (χ0v) is 14.6. The Morgan fingerprint density at radius 1 is 1.32 bits per heavy atom. The van der Waals surface area contributed by atoms with Gasteiger partial charge < -0.3 is 9.30 Å². The number of esters is 1. The summed E-state index contributed by atoms with van der Waals surface area (Å²) in [6.45, 7) is 2.38. The number of hydrogen-bond donors (Lipinski definition) is 0. The van der Waals surface area contributed by atoms with Gasteiger partial charge in [-0.15, -0.1) is 0 Å². The van der Waals surface area contributed by atoms with Crippen LogP contribution in [0.25, 0.3) is 0 Å². The quantitative estimate of drug-likeness (QED) is 0.757. The maximum atomic E-state index is 12.1. The third-order valence-electron chi connectivity index (χ3n) is 3.45. The topological polar surface area (TPSA) is 48.3 Å². The van der Waals surface area contributed by atoms with E-state index in [2.05, 4.69) is 20.7 Å². The lowest BCUT2D eigenvalue weighted by atomic mass is 10.1. The first kappa shape index (κ1) is 16.8. The molecule has 1 heterocycles. The van der Waals surface area contributed by atoms with Gasteiger partial charge >= 0.3 is 5.97 Å². The van der Waals surface area contributed by atoms with Crippen LogP contribution in [0, 0.1) is 6.92 Å². The van der Waals surface area contributed by atoms with Gasteiger partial charge in [0.15, 0.2) is 0 Å². The monoisotopic (exact) mass is 383 g/mol. The number of carbonyl (C=O) groups excluding carboxylic acids is 1. The first-order valence-electron chi connectivity index (χ1n) is 6.66. The Morgan fingerprint density at radius 2 is 1.95 bits per heavy atom. The second-order valence-corrected chi connectivity index (χ2v) is 6.08. The van der Waals surface area contributed by atoms with E-state index in [1.807, 2.05) is 19.1 Å². The Balaban J connectivity index is 2.17. The number of nitrogens with zero attached hydrogens (tertiary/aromatic N) is 1. The molecule has 6 heteroatoms. The molecule has 116 valence electrons. The molecule has 4 nitrogen and oxygen atoms in total. The SMILES string of the molecule is COC(=O)c1ccc(CCn2c(C)c(Br)cc(Cl)c2=O)cc1. The first-order valence-corrected chi connectivity index (χ1v) is 7.84. The van der Waals surface area contributed by atoms with Gasteiger partial charge in [0, 0.05) is 16.7 Å². The summed E-state index contributed by atoms with van der Waals surface area (Å²) in [6.07, 6.45) is 0.662. The molecule has 22 heavy (non-hydrogen) atoms. The van der Waals surface area contributed by atoms with Crippen LogP contribution in [0.1, 0.15) is 21.6 Å². The van der Waals surface area contributed by atoms with Crippen LogP contribution in [0.4, 0.5) is 0 Å². The maximum absolute atomic E-state index is 12.1. The zero-order chi connectivity index (χ0) is 16.3. The molecule has 0 fully saturated rings. The number of carbonyl (C=O) groups is 1. The molecule has 1 aromatic heterocycles. The van der Waals surface area contributed by atoms with Crippen molar-refractivity contribution in [3.05, 3.63) is 67.0 Å². The van der Waals surface area contributed by atoms with E-state index < -0.39 is 0 Å². The van der Waals surface area contributed by atoms with Crippen molar-refractivity contribution in [2.75, 3.05) is 7.11 Å². The molecule has 2 rings (SSSR count). The van der Waals surface area contributed by atoms with E-state index in [9.17, 15) is 9.59 Å². The molecule has 2 aromatic rings. The minimum absolute atomic E-state index is 0.193. The first-order chi connectivity index (χ1) is 10.4. The Labute approximate surface area is 141 Å². The van der Waals surface area contributed by atoms with Crippen molar-refractivity contribution < 1.29 is 9.53 Å². The molecule has 0 atom stereocenters. The third kappa shape index (κ3) is 3.59. The number of aryl methyl sites for hydroxylation is 1. The van der Waals surface area contributed by atoms with Gasteiger partial charge in [-0.25, -0.2) is 4.79 Å². The second kappa shape index (κ2) is 7.11. The van der Waals surface area contributed by atoms with Gasteiger partial charge in [-0.1, -0.05) is 23.7 Å². The summed E-state index contributed by atoms with van der Waals surface area (Å²) in [5, 5.41) is 0.193. The van der Waals surface area contributed by atoms with Gasteiger partial charge in [0.05, 0.1) is 12.7 Å². The highest BCUT2D eigenvalue weighted by Crippen LogP contribution is 2.18. The molecular formula is C16H15BrClNO3. The van der Waals surface area contributed by atoms with Crippen molar-refractivity contribution >= 4 is 33.5 Å². The Morgan fingerprint density at radius 3 is 2.55 bits per heavy atom. The Bertz CT molecular complexity index is 753.